The van der Waals surface area contributed by atoms with Crippen LogP contribution in [0.15, 0.2) is 33.8 Å². The highest BCUT2D eigenvalue weighted by Crippen LogP contribution is 2.27. The molecule has 0 bridgehead atoms. The molecule has 7 nitrogen and oxygen atoms in total. The molecule has 0 aliphatic heterocycles. The van der Waals surface area contributed by atoms with E-state index in [1.165, 1.54) is 0 Å². The van der Waals surface area contributed by atoms with Gasteiger partial charge in [-0.3, -0.25) is 4.99 Å². The lowest BCUT2D eigenvalue weighted by atomic mass is 10.1. The zero-order valence-corrected chi connectivity index (χ0v) is 16.1. The molecule has 2 rings (SSSR count). The van der Waals surface area contributed by atoms with E-state index < -0.39 is 0 Å². The lowest BCUT2D eigenvalue weighted by Crippen LogP contribution is -2.37. The first-order chi connectivity index (χ1) is 12.6. The van der Waals surface area contributed by atoms with Crippen LogP contribution >= 0.6 is 0 Å². The third-order valence-electron chi connectivity index (χ3n) is 3.98. The van der Waals surface area contributed by atoms with Crippen molar-refractivity contribution >= 4 is 5.96 Å². The summed E-state index contributed by atoms with van der Waals surface area (Å²) in [5.41, 5.74) is 2.11. The third-order valence-corrected chi connectivity index (χ3v) is 3.98. The van der Waals surface area contributed by atoms with E-state index >= 15 is 0 Å². The Morgan fingerprint density at radius 1 is 1.15 bits per heavy atom. The number of nitrogens with zero attached hydrogens (tertiary/aromatic N) is 2. The van der Waals surface area contributed by atoms with Gasteiger partial charge in [0.25, 0.3) is 0 Å². The minimum Gasteiger partial charge on any atom is -0.493 e. The molecule has 0 saturated heterocycles. The van der Waals surface area contributed by atoms with E-state index in [1.807, 2.05) is 24.3 Å². The van der Waals surface area contributed by atoms with Crippen molar-refractivity contribution in [2.45, 2.75) is 32.7 Å². The van der Waals surface area contributed by atoms with E-state index in [4.69, 9.17) is 14.0 Å². The number of aromatic nitrogens is 1. The smallest absolute Gasteiger partial charge is 0.191 e. The van der Waals surface area contributed by atoms with E-state index in [1.54, 1.807) is 21.3 Å². The lowest BCUT2D eigenvalue weighted by molar-refractivity contribution is 0.354. The van der Waals surface area contributed by atoms with E-state index in [-0.39, 0.29) is 0 Å². The van der Waals surface area contributed by atoms with Gasteiger partial charge in [0, 0.05) is 19.7 Å². The first kappa shape index (κ1) is 19.6. The summed E-state index contributed by atoms with van der Waals surface area (Å²) in [6, 6.07) is 7.89. The first-order valence-corrected chi connectivity index (χ1v) is 8.68. The number of guanidine groups is 1. The molecule has 2 N–H and O–H groups in total. The van der Waals surface area contributed by atoms with Crippen LogP contribution < -0.4 is 20.1 Å². The number of hydrogen-bond donors (Lipinski definition) is 2. The Balaban J connectivity index is 1.81. The molecule has 0 amide bonds. The monoisotopic (exact) mass is 360 g/mol. The molecular formula is C19H28N4O3. The van der Waals surface area contributed by atoms with Gasteiger partial charge >= 0.3 is 0 Å². The van der Waals surface area contributed by atoms with E-state index in [0.717, 1.165) is 41.5 Å². The molecule has 2 aromatic rings. The lowest BCUT2D eigenvalue weighted by Gasteiger charge is -2.12. The molecule has 26 heavy (non-hydrogen) atoms. The van der Waals surface area contributed by atoms with Crippen molar-refractivity contribution in [2.75, 3.05) is 27.8 Å². The standard InChI is InChI=1S/C19H28N4O3/c1-13(2)16-11-15(26-23-16)12-22-19(20-3)21-9-8-14-6-7-17(24-4)18(10-14)25-5/h6-7,10-11,13H,8-9,12H2,1-5H3,(H2,20,21,22). The molecule has 7 heteroatoms. The van der Waals surface area contributed by atoms with Crippen LogP contribution in [0.4, 0.5) is 0 Å². The van der Waals surface area contributed by atoms with E-state index in [0.29, 0.717) is 18.4 Å². The maximum absolute atomic E-state index is 5.33. The fourth-order valence-corrected chi connectivity index (χ4v) is 2.44. The molecule has 142 valence electrons. The predicted molar refractivity (Wildman–Crippen MR) is 102 cm³/mol. The highest BCUT2D eigenvalue weighted by Gasteiger charge is 2.08. The second kappa shape index (κ2) is 9.70. The summed E-state index contributed by atoms with van der Waals surface area (Å²) < 4.78 is 15.9. The van der Waals surface area contributed by atoms with Crippen LogP contribution in [0.5, 0.6) is 11.5 Å². The molecule has 1 aromatic heterocycles. The van der Waals surface area contributed by atoms with Gasteiger partial charge in [-0.1, -0.05) is 25.1 Å². The number of methoxy groups -OCH3 is 2. The van der Waals surface area contributed by atoms with E-state index in [2.05, 4.69) is 34.6 Å². The van der Waals surface area contributed by atoms with Crippen molar-refractivity contribution in [3.8, 4) is 11.5 Å². The van der Waals surface area contributed by atoms with Crippen LogP contribution in [0.2, 0.25) is 0 Å². The second-order valence-electron chi connectivity index (χ2n) is 6.16. The number of hydrogen-bond acceptors (Lipinski definition) is 5. The van der Waals surface area contributed by atoms with Gasteiger partial charge in [0.1, 0.15) is 0 Å². The summed E-state index contributed by atoms with van der Waals surface area (Å²) in [6.45, 7) is 5.45. The quantitative estimate of drug-likeness (QED) is 0.556. The summed E-state index contributed by atoms with van der Waals surface area (Å²) in [5, 5.41) is 10.6. The third kappa shape index (κ3) is 5.40. The molecule has 0 fully saturated rings. The molecule has 0 aliphatic carbocycles. The molecule has 1 aromatic carbocycles. The molecular weight excluding hydrogens is 332 g/mol. The number of nitrogens with one attached hydrogen (secondary N) is 2. The van der Waals surface area contributed by atoms with Crippen LogP contribution in [-0.4, -0.2) is 38.9 Å². The van der Waals surface area contributed by atoms with E-state index in [9.17, 15) is 0 Å². The maximum Gasteiger partial charge on any atom is 0.191 e. The Hall–Kier alpha value is -2.70. The number of ether oxygens (including phenoxy) is 2. The molecule has 0 atom stereocenters. The summed E-state index contributed by atoms with van der Waals surface area (Å²) in [5.74, 6) is 3.32. The second-order valence-corrected chi connectivity index (χ2v) is 6.16. The Labute approximate surface area is 154 Å². The van der Waals surface area contributed by atoms with Crippen LogP contribution in [0.1, 0.15) is 36.8 Å². The predicted octanol–water partition coefficient (Wildman–Crippen LogP) is 2.72. The average Bonchev–Trinajstić information content (AvgIpc) is 3.13. The van der Waals surface area contributed by atoms with Crippen molar-refractivity contribution in [3.63, 3.8) is 0 Å². The Bertz CT molecular complexity index is 725. The Morgan fingerprint density at radius 2 is 1.92 bits per heavy atom. The SMILES string of the molecule is CN=C(NCCc1ccc(OC)c(OC)c1)NCc1cc(C(C)C)no1. The van der Waals surface area contributed by atoms with Gasteiger partial charge in [0.05, 0.1) is 26.5 Å². The van der Waals surface area contributed by atoms with Crippen molar-refractivity contribution in [1.29, 1.82) is 0 Å². The minimum atomic E-state index is 0.353. The summed E-state index contributed by atoms with van der Waals surface area (Å²) in [6.07, 6.45) is 0.834. The minimum absolute atomic E-state index is 0.353. The summed E-state index contributed by atoms with van der Waals surface area (Å²) in [7, 11) is 5.01. The highest BCUT2D eigenvalue weighted by atomic mass is 16.5. The van der Waals surface area contributed by atoms with Crippen LogP contribution in [0.25, 0.3) is 0 Å². The van der Waals surface area contributed by atoms with Crippen molar-refractivity contribution in [3.05, 3.63) is 41.3 Å². The first-order valence-electron chi connectivity index (χ1n) is 8.68. The van der Waals surface area contributed by atoms with Gasteiger partial charge < -0.3 is 24.6 Å². The van der Waals surface area contributed by atoms with Gasteiger partial charge in [-0.15, -0.1) is 0 Å². The van der Waals surface area contributed by atoms with Crippen LogP contribution in [-0.2, 0) is 13.0 Å². The number of benzene rings is 1. The normalized spacial score (nSPS) is 11.5. The zero-order valence-electron chi connectivity index (χ0n) is 16.1. The number of rotatable bonds is 8. The van der Waals surface area contributed by atoms with Crippen LogP contribution in [0, 0.1) is 0 Å². The zero-order chi connectivity index (χ0) is 18.9. The Kier molecular flexibility index (Phi) is 7.32. The summed E-state index contributed by atoms with van der Waals surface area (Å²) in [4.78, 5) is 4.22. The van der Waals surface area contributed by atoms with Gasteiger partial charge in [0.2, 0.25) is 0 Å². The van der Waals surface area contributed by atoms with Crippen molar-refractivity contribution in [1.82, 2.24) is 15.8 Å². The molecule has 0 saturated carbocycles. The average molecular weight is 360 g/mol. The van der Waals surface area contributed by atoms with Gasteiger partial charge in [-0.2, -0.15) is 0 Å². The topological polar surface area (TPSA) is 80.9 Å². The summed E-state index contributed by atoms with van der Waals surface area (Å²) >= 11 is 0. The fraction of sp³-hybridized carbons (Fsp3) is 0.474. The molecule has 0 unspecified atom stereocenters. The van der Waals surface area contributed by atoms with Gasteiger partial charge in [0.15, 0.2) is 23.2 Å². The van der Waals surface area contributed by atoms with Crippen LogP contribution in [0.3, 0.4) is 0 Å². The largest absolute Gasteiger partial charge is 0.493 e. The van der Waals surface area contributed by atoms with Gasteiger partial charge in [-0.05, 0) is 30.0 Å². The Morgan fingerprint density at radius 3 is 2.54 bits per heavy atom. The van der Waals surface area contributed by atoms with Crippen molar-refractivity contribution in [2.24, 2.45) is 4.99 Å². The fourth-order valence-electron chi connectivity index (χ4n) is 2.44. The molecule has 1 heterocycles. The highest BCUT2D eigenvalue weighted by molar-refractivity contribution is 5.79. The molecule has 0 spiro atoms. The molecule has 0 aliphatic rings. The number of aliphatic imine (C=N–C) groups is 1. The van der Waals surface area contributed by atoms with Gasteiger partial charge in [-0.25, -0.2) is 0 Å². The maximum atomic E-state index is 5.33. The van der Waals surface area contributed by atoms with Crippen molar-refractivity contribution < 1.29 is 14.0 Å². The molecule has 0 radical (unpaired) electrons.